The van der Waals surface area contributed by atoms with E-state index in [2.05, 4.69) is 4.98 Å². The molecule has 0 saturated heterocycles. The van der Waals surface area contributed by atoms with Crippen LogP contribution in [0.3, 0.4) is 0 Å². The summed E-state index contributed by atoms with van der Waals surface area (Å²) in [5.41, 5.74) is 3.02. The van der Waals surface area contributed by atoms with Gasteiger partial charge in [0.2, 0.25) is 17.8 Å². The largest absolute Gasteiger partial charge is 0.316 e. The maximum absolute atomic E-state index is 13.7. The Bertz CT molecular complexity index is 1120. The monoisotopic (exact) mass is 442 g/mol. The molecule has 31 heavy (non-hydrogen) atoms. The van der Waals surface area contributed by atoms with Crippen LogP contribution in [-0.2, 0) is 11.2 Å². The average Bonchev–Trinajstić information content (AvgIpc) is 2.77. The number of ketones is 1. The van der Waals surface area contributed by atoms with Crippen LogP contribution >= 0.6 is 11.6 Å². The fourth-order valence-corrected chi connectivity index (χ4v) is 3.48. The Hall–Kier alpha value is -3.12. The fourth-order valence-electron chi connectivity index (χ4n) is 3.19. The molecule has 0 radical (unpaired) electrons. The third kappa shape index (κ3) is 5.33. The molecule has 0 unspecified atom stereocenters. The third-order valence-electron chi connectivity index (χ3n) is 5.05. The number of halogens is 3. The molecule has 0 saturated carbocycles. The molecule has 1 amide bonds. The van der Waals surface area contributed by atoms with E-state index in [1.54, 1.807) is 30.1 Å². The molecule has 0 spiro atoms. The second-order valence-corrected chi connectivity index (χ2v) is 7.46. The minimum atomic E-state index is -0.913. The third-order valence-corrected chi connectivity index (χ3v) is 5.36. The molecule has 160 valence electrons. The van der Waals surface area contributed by atoms with Gasteiger partial charge in [0.1, 0.15) is 0 Å². The normalized spacial score (nSPS) is 10.7. The molecule has 2 aromatic carbocycles. The van der Waals surface area contributed by atoms with Gasteiger partial charge in [-0.3, -0.25) is 9.59 Å². The number of amides is 1. The number of benzene rings is 2. The zero-order valence-corrected chi connectivity index (χ0v) is 17.9. The SMILES string of the molecule is CCC(=O)N(C)c1ccc(-c2ccc(C(=O)CCc3ccc(F)nc3F)c(Cl)c2)cc1. The van der Waals surface area contributed by atoms with E-state index in [4.69, 9.17) is 11.6 Å². The van der Waals surface area contributed by atoms with Crippen LogP contribution in [0.15, 0.2) is 54.6 Å². The smallest absolute Gasteiger partial charge is 0.226 e. The van der Waals surface area contributed by atoms with Gasteiger partial charge in [-0.1, -0.05) is 36.7 Å². The zero-order chi connectivity index (χ0) is 22.5. The van der Waals surface area contributed by atoms with Crippen molar-refractivity contribution < 1.29 is 18.4 Å². The molecule has 3 aromatic rings. The Kier molecular flexibility index (Phi) is 7.13. The van der Waals surface area contributed by atoms with Crippen LogP contribution in [-0.4, -0.2) is 23.7 Å². The lowest BCUT2D eigenvalue weighted by molar-refractivity contribution is -0.118. The van der Waals surface area contributed by atoms with E-state index < -0.39 is 11.9 Å². The first-order valence-electron chi connectivity index (χ1n) is 9.80. The number of rotatable bonds is 7. The summed E-state index contributed by atoms with van der Waals surface area (Å²) in [4.78, 5) is 29.1. The molecular weight excluding hydrogens is 422 g/mol. The van der Waals surface area contributed by atoms with E-state index >= 15 is 0 Å². The highest BCUT2D eigenvalue weighted by atomic mass is 35.5. The van der Waals surface area contributed by atoms with Crippen LogP contribution in [0.1, 0.15) is 35.7 Å². The first kappa shape index (κ1) is 22.6. The summed E-state index contributed by atoms with van der Waals surface area (Å²) in [6.07, 6.45) is 0.547. The van der Waals surface area contributed by atoms with Crippen molar-refractivity contribution >= 4 is 29.0 Å². The molecular formula is C24H21ClF2N2O2. The van der Waals surface area contributed by atoms with Crippen molar-refractivity contribution in [3.8, 4) is 11.1 Å². The number of hydrogen-bond acceptors (Lipinski definition) is 3. The van der Waals surface area contributed by atoms with Gasteiger partial charge in [0.05, 0.1) is 5.02 Å². The maximum atomic E-state index is 13.7. The number of carbonyl (C=O) groups excluding carboxylic acids is 2. The van der Waals surface area contributed by atoms with Gasteiger partial charge in [0.25, 0.3) is 0 Å². The average molecular weight is 443 g/mol. The van der Waals surface area contributed by atoms with Crippen molar-refractivity contribution in [1.29, 1.82) is 0 Å². The molecule has 0 aliphatic heterocycles. The van der Waals surface area contributed by atoms with E-state index in [1.165, 1.54) is 6.07 Å². The number of carbonyl (C=O) groups is 2. The van der Waals surface area contributed by atoms with Gasteiger partial charge in [-0.2, -0.15) is 13.8 Å². The van der Waals surface area contributed by atoms with Crippen molar-refractivity contribution in [2.24, 2.45) is 0 Å². The van der Waals surface area contributed by atoms with E-state index in [1.807, 2.05) is 31.2 Å². The summed E-state index contributed by atoms with van der Waals surface area (Å²) >= 11 is 6.34. The molecule has 0 bridgehead atoms. The number of Topliss-reactive ketones (excluding diaryl/α,β-unsaturated/α-hetero) is 1. The lowest BCUT2D eigenvalue weighted by atomic mass is 9.99. The van der Waals surface area contributed by atoms with Crippen molar-refractivity contribution in [3.05, 3.63) is 82.6 Å². The quantitative estimate of drug-likeness (QED) is 0.339. The van der Waals surface area contributed by atoms with Gasteiger partial charge in [-0.05, 0) is 53.9 Å². The summed E-state index contributed by atoms with van der Waals surface area (Å²) in [7, 11) is 1.73. The van der Waals surface area contributed by atoms with Crippen LogP contribution in [0, 0.1) is 11.9 Å². The highest BCUT2D eigenvalue weighted by molar-refractivity contribution is 6.34. The minimum Gasteiger partial charge on any atom is -0.316 e. The molecule has 0 atom stereocenters. The predicted molar refractivity (Wildman–Crippen MR) is 117 cm³/mol. The molecule has 1 aromatic heterocycles. The molecule has 1 heterocycles. The van der Waals surface area contributed by atoms with Crippen LogP contribution in [0.25, 0.3) is 11.1 Å². The van der Waals surface area contributed by atoms with Crippen LogP contribution in [0.5, 0.6) is 0 Å². The van der Waals surface area contributed by atoms with E-state index in [-0.39, 0.29) is 30.1 Å². The number of aryl methyl sites for hydroxylation is 1. The van der Waals surface area contributed by atoms with Crippen molar-refractivity contribution in [2.75, 3.05) is 11.9 Å². The number of anilines is 1. The van der Waals surface area contributed by atoms with E-state index in [9.17, 15) is 18.4 Å². The molecule has 4 nitrogen and oxygen atoms in total. The summed E-state index contributed by atoms with van der Waals surface area (Å²) in [6, 6.07) is 14.9. The fraction of sp³-hybridized carbons (Fsp3) is 0.208. The first-order chi connectivity index (χ1) is 14.8. The van der Waals surface area contributed by atoms with Crippen LogP contribution in [0.2, 0.25) is 5.02 Å². The summed E-state index contributed by atoms with van der Waals surface area (Å²) < 4.78 is 26.6. The lowest BCUT2D eigenvalue weighted by Crippen LogP contribution is -2.24. The highest BCUT2D eigenvalue weighted by Crippen LogP contribution is 2.28. The Morgan fingerprint density at radius 2 is 1.68 bits per heavy atom. The highest BCUT2D eigenvalue weighted by Gasteiger charge is 2.14. The standard InChI is InChI=1S/C24H21ClF2N2O2/c1-3-23(31)29(2)18-9-4-15(5-10-18)17-6-11-19(20(25)14-17)21(30)12-7-16-8-13-22(26)28-24(16)27/h4-6,8-11,13-14H,3,7,12H2,1-2H3. The van der Waals surface area contributed by atoms with Gasteiger partial charge in [0.15, 0.2) is 5.78 Å². The Balaban J connectivity index is 1.72. The summed E-state index contributed by atoms with van der Waals surface area (Å²) in [5, 5.41) is 0.294. The number of nitrogens with zero attached hydrogens (tertiary/aromatic N) is 2. The zero-order valence-electron chi connectivity index (χ0n) is 17.2. The second-order valence-electron chi connectivity index (χ2n) is 7.05. The minimum absolute atomic E-state index is 0.0231. The number of hydrogen-bond donors (Lipinski definition) is 0. The number of pyridine rings is 1. The van der Waals surface area contributed by atoms with Crippen LogP contribution < -0.4 is 4.90 Å². The summed E-state index contributed by atoms with van der Waals surface area (Å²) in [6.45, 7) is 1.81. The molecule has 0 fully saturated rings. The predicted octanol–water partition coefficient (Wildman–Crippen LogP) is 5.87. The van der Waals surface area contributed by atoms with E-state index in [0.29, 0.717) is 17.0 Å². The van der Waals surface area contributed by atoms with Gasteiger partial charge in [0, 0.05) is 36.7 Å². The Morgan fingerprint density at radius 1 is 1.00 bits per heavy atom. The van der Waals surface area contributed by atoms with Gasteiger partial charge in [-0.15, -0.1) is 0 Å². The second kappa shape index (κ2) is 9.79. The molecule has 0 aliphatic carbocycles. The van der Waals surface area contributed by atoms with Gasteiger partial charge >= 0.3 is 0 Å². The molecule has 3 rings (SSSR count). The molecule has 7 heteroatoms. The summed E-state index contributed by atoms with van der Waals surface area (Å²) in [5.74, 6) is -2.03. The topological polar surface area (TPSA) is 50.3 Å². The van der Waals surface area contributed by atoms with Gasteiger partial charge in [-0.25, -0.2) is 0 Å². The Morgan fingerprint density at radius 3 is 2.29 bits per heavy atom. The first-order valence-corrected chi connectivity index (χ1v) is 10.2. The maximum Gasteiger partial charge on any atom is 0.226 e. The van der Waals surface area contributed by atoms with Crippen molar-refractivity contribution in [2.45, 2.75) is 26.2 Å². The van der Waals surface area contributed by atoms with E-state index in [0.717, 1.165) is 22.9 Å². The van der Waals surface area contributed by atoms with Crippen LogP contribution in [0.4, 0.5) is 14.5 Å². The van der Waals surface area contributed by atoms with Crippen molar-refractivity contribution in [1.82, 2.24) is 4.98 Å². The molecule has 0 N–H and O–H groups in total. The van der Waals surface area contributed by atoms with Crippen molar-refractivity contribution in [3.63, 3.8) is 0 Å². The number of aromatic nitrogens is 1. The lowest BCUT2D eigenvalue weighted by Gasteiger charge is -2.17. The Labute approximate surface area is 184 Å². The molecule has 0 aliphatic rings. The van der Waals surface area contributed by atoms with Gasteiger partial charge < -0.3 is 4.90 Å².